The second-order valence-corrected chi connectivity index (χ2v) is 7.41. The lowest BCUT2D eigenvalue weighted by Crippen LogP contribution is -2.20. The summed E-state index contributed by atoms with van der Waals surface area (Å²) in [5, 5.41) is 5.49. The fraction of sp³-hybridized carbons (Fsp3) is 0.429. The molecule has 0 saturated carbocycles. The molecule has 1 atom stereocenters. The van der Waals surface area contributed by atoms with Crippen molar-refractivity contribution in [3.8, 4) is 0 Å². The van der Waals surface area contributed by atoms with Crippen molar-refractivity contribution in [1.29, 1.82) is 0 Å². The first kappa shape index (κ1) is 15.7. The van der Waals surface area contributed by atoms with Gasteiger partial charge in [-0.15, -0.1) is 5.10 Å². The van der Waals surface area contributed by atoms with Crippen LogP contribution in [0.3, 0.4) is 0 Å². The third-order valence-electron chi connectivity index (χ3n) is 3.02. The van der Waals surface area contributed by atoms with E-state index in [0.717, 1.165) is 16.1 Å². The number of hydrogen-bond donors (Lipinski definition) is 1. The van der Waals surface area contributed by atoms with Crippen LogP contribution in [0.1, 0.15) is 42.9 Å². The maximum absolute atomic E-state index is 6.31. The fourth-order valence-corrected chi connectivity index (χ4v) is 3.33. The molecule has 0 saturated heterocycles. The first-order chi connectivity index (χ1) is 9.29. The standard InChI is InChI=1S/C14H17Cl2N3S/c1-14(2,3)13-12(20-19-18-13)11(17)6-8-4-5-9(15)7-10(8)16/h4-5,7,11H,6,17H2,1-3H3. The van der Waals surface area contributed by atoms with Crippen molar-refractivity contribution in [1.82, 2.24) is 9.59 Å². The molecule has 1 unspecified atom stereocenters. The van der Waals surface area contributed by atoms with Crippen molar-refractivity contribution in [3.05, 3.63) is 44.4 Å². The van der Waals surface area contributed by atoms with E-state index in [9.17, 15) is 0 Å². The molecule has 2 aromatic rings. The lowest BCUT2D eigenvalue weighted by atomic mass is 9.89. The number of nitrogens with two attached hydrogens (primary N) is 1. The molecule has 108 valence electrons. The minimum atomic E-state index is -0.164. The van der Waals surface area contributed by atoms with Gasteiger partial charge in [0, 0.05) is 21.5 Å². The van der Waals surface area contributed by atoms with E-state index in [1.807, 2.05) is 12.1 Å². The van der Waals surface area contributed by atoms with Crippen LogP contribution in [0.5, 0.6) is 0 Å². The first-order valence-corrected chi connectivity index (χ1v) is 7.84. The maximum atomic E-state index is 6.31. The molecule has 6 heteroatoms. The number of hydrogen-bond acceptors (Lipinski definition) is 4. The summed E-state index contributed by atoms with van der Waals surface area (Å²) < 4.78 is 4.05. The molecule has 0 aliphatic rings. The van der Waals surface area contributed by atoms with Crippen LogP contribution in [0.2, 0.25) is 10.0 Å². The number of aromatic nitrogens is 2. The number of benzene rings is 1. The monoisotopic (exact) mass is 329 g/mol. The molecule has 0 bridgehead atoms. The van der Waals surface area contributed by atoms with Crippen LogP contribution < -0.4 is 5.73 Å². The molecule has 0 amide bonds. The summed E-state index contributed by atoms with van der Waals surface area (Å²) in [6.45, 7) is 6.32. The Hall–Kier alpha value is -0.680. The van der Waals surface area contributed by atoms with Gasteiger partial charge in [-0.2, -0.15) is 0 Å². The molecule has 1 heterocycles. The molecule has 1 aromatic carbocycles. The average molecular weight is 330 g/mol. The normalized spacial score (nSPS) is 13.5. The van der Waals surface area contributed by atoms with E-state index in [-0.39, 0.29) is 11.5 Å². The first-order valence-electron chi connectivity index (χ1n) is 6.31. The van der Waals surface area contributed by atoms with Crippen LogP contribution in [-0.4, -0.2) is 9.59 Å². The highest BCUT2D eigenvalue weighted by molar-refractivity contribution is 7.05. The topological polar surface area (TPSA) is 51.8 Å². The van der Waals surface area contributed by atoms with Gasteiger partial charge < -0.3 is 5.73 Å². The Kier molecular flexibility index (Phi) is 4.69. The second-order valence-electron chi connectivity index (χ2n) is 5.78. The molecule has 1 aromatic heterocycles. The SMILES string of the molecule is CC(C)(C)c1nnsc1C(N)Cc1ccc(Cl)cc1Cl. The van der Waals surface area contributed by atoms with Gasteiger partial charge in [-0.3, -0.25) is 0 Å². The van der Waals surface area contributed by atoms with E-state index < -0.39 is 0 Å². The molecule has 0 fully saturated rings. The van der Waals surface area contributed by atoms with E-state index >= 15 is 0 Å². The zero-order valence-corrected chi connectivity index (χ0v) is 14.0. The highest BCUT2D eigenvalue weighted by Crippen LogP contribution is 2.32. The number of halogens is 2. The van der Waals surface area contributed by atoms with Gasteiger partial charge in [-0.25, -0.2) is 0 Å². The molecule has 2 rings (SSSR count). The Morgan fingerprint density at radius 3 is 2.60 bits per heavy atom. The van der Waals surface area contributed by atoms with Gasteiger partial charge in [0.1, 0.15) is 0 Å². The summed E-state index contributed by atoms with van der Waals surface area (Å²) in [5.74, 6) is 0. The molecule has 0 radical (unpaired) electrons. The highest BCUT2D eigenvalue weighted by atomic mass is 35.5. The van der Waals surface area contributed by atoms with Gasteiger partial charge in [0.25, 0.3) is 0 Å². The van der Waals surface area contributed by atoms with Crippen LogP contribution in [0.15, 0.2) is 18.2 Å². The van der Waals surface area contributed by atoms with Crippen LogP contribution in [0.4, 0.5) is 0 Å². The molecular formula is C14H17Cl2N3S. The summed E-state index contributed by atoms with van der Waals surface area (Å²) in [7, 11) is 0. The van der Waals surface area contributed by atoms with Gasteiger partial charge in [0.15, 0.2) is 0 Å². The zero-order chi connectivity index (χ0) is 14.9. The van der Waals surface area contributed by atoms with Crippen molar-refractivity contribution in [2.75, 3.05) is 0 Å². The fourth-order valence-electron chi connectivity index (χ4n) is 1.98. The van der Waals surface area contributed by atoms with Gasteiger partial charge in [-0.1, -0.05) is 54.5 Å². The summed E-state index contributed by atoms with van der Waals surface area (Å²) >= 11 is 13.5. The Balaban J connectivity index is 2.25. The molecule has 20 heavy (non-hydrogen) atoms. The summed E-state index contributed by atoms with van der Waals surface area (Å²) in [5.41, 5.74) is 8.19. The molecular weight excluding hydrogens is 313 g/mol. The van der Waals surface area contributed by atoms with Crippen molar-refractivity contribution < 1.29 is 0 Å². The van der Waals surface area contributed by atoms with E-state index in [2.05, 4.69) is 30.4 Å². The Morgan fingerprint density at radius 1 is 1.30 bits per heavy atom. The third-order valence-corrected chi connectivity index (χ3v) is 4.46. The second kappa shape index (κ2) is 5.98. The molecule has 0 aliphatic carbocycles. The van der Waals surface area contributed by atoms with E-state index in [1.54, 1.807) is 6.07 Å². The smallest absolute Gasteiger partial charge is 0.0857 e. The zero-order valence-electron chi connectivity index (χ0n) is 11.7. The predicted molar refractivity (Wildman–Crippen MR) is 85.7 cm³/mol. The van der Waals surface area contributed by atoms with Gasteiger partial charge >= 0.3 is 0 Å². The summed E-state index contributed by atoms with van der Waals surface area (Å²) in [6.07, 6.45) is 0.642. The average Bonchev–Trinajstić information content (AvgIpc) is 2.81. The number of rotatable bonds is 3. The van der Waals surface area contributed by atoms with Crippen molar-refractivity contribution in [2.45, 2.75) is 38.6 Å². The Labute approximate surface area is 133 Å². The quantitative estimate of drug-likeness (QED) is 0.908. The minimum absolute atomic E-state index is 0.0657. The Morgan fingerprint density at radius 2 is 2.00 bits per heavy atom. The molecule has 0 aliphatic heterocycles. The highest BCUT2D eigenvalue weighted by Gasteiger charge is 2.26. The largest absolute Gasteiger partial charge is 0.323 e. The van der Waals surface area contributed by atoms with Crippen LogP contribution in [0, 0.1) is 0 Å². The Bertz CT molecular complexity index is 605. The minimum Gasteiger partial charge on any atom is -0.323 e. The van der Waals surface area contributed by atoms with E-state index in [4.69, 9.17) is 28.9 Å². The van der Waals surface area contributed by atoms with E-state index in [1.165, 1.54) is 11.5 Å². The van der Waals surface area contributed by atoms with Crippen molar-refractivity contribution in [2.24, 2.45) is 5.73 Å². The van der Waals surface area contributed by atoms with Gasteiger partial charge in [0.05, 0.1) is 10.6 Å². The van der Waals surface area contributed by atoms with Gasteiger partial charge in [0.2, 0.25) is 0 Å². The molecule has 0 spiro atoms. The lowest BCUT2D eigenvalue weighted by Gasteiger charge is -2.19. The number of nitrogens with zero attached hydrogens (tertiary/aromatic N) is 2. The van der Waals surface area contributed by atoms with Gasteiger partial charge in [-0.05, 0) is 35.6 Å². The van der Waals surface area contributed by atoms with Crippen molar-refractivity contribution in [3.63, 3.8) is 0 Å². The lowest BCUT2D eigenvalue weighted by molar-refractivity contribution is 0.550. The van der Waals surface area contributed by atoms with Crippen LogP contribution in [0.25, 0.3) is 0 Å². The molecule has 3 nitrogen and oxygen atoms in total. The van der Waals surface area contributed by atoms with Crippen molar-refractivity contribution >= 4 is 34.7 Å². The third kappa shape index (κ3) is 3.50. The van der Waals surface area contributed by atoms with Crippen LogP contribution >= 0.6 is 34.7 Å². The predicted octanol–water partition coefficient (Wildman–Crippen LogP) is 4.38. The van der Waals surface area contributed by atoms with E-state index in [0.29, 0.717) is 16.5 Å². The van der Waals surface area contributed by atoms with Crippen LogP contribution in [-0.2, 0) is 11.8 Å². The summed E-state index contributed by atoms with van der Waals surface area (Å²) in [4.78, 5) is 1.02. The summed E-state index contributed by atoms with van der Waals surface area (Å²) in [6, 6.07) is 5.31. The molecule has 2 N–H and O–H groups in total. The maximum Gasteiger partial charge on any atom is 0.0857 e.